The molecule has 1 aliphatic rings. The van der Waals surface area contributed by atoms with Crippen molar-refractivity contribution in [1.82, 2.24) is 4.90 Å². The molecule has 0 spiro atoms. The molecule has 2 aromatic carbocycles. The van der Waals surface area contributed by atoms with E-state index >= 15 is 0 Å². The van der Waals surface area contributed by atoms with Crippen LogP contribution in [0, 0.1) is 0 Å². The second kappa shape index (κ2) is 8.09. The normalized spacial score (nSPS) is 15.2. The summed E-state index contributed by atoms with van der Waals surface area (Å²) in [5, 5.41) is 11.3. The first kappa shape index (κ1) is 18.1. The van der Waals surface area contributed by atoms with Crippen LogP contribution >= 0.6 is 11.6 Å². The molecule has 1 N–H and O–H groups in total. The Kier molecular flexibility index (Phi) is 5.84. The van der Waals surface area contributed by atoms with Crippen LogP contribution in [0.25, 0.3) is 0 Å². The highest BCUT2D eigenvalue weighted by molar-refractivity contribution is 6.31. The van der Waals surface area contributed by atoms with E-state index in [2.05, 4.69) is 4.90 Å². The lowest BCUT2D eigenvalue weighted by atomic mass is 10.1. The fourth-order valence-corrected chi connectivity index (χ4v) is 3.33. The lowest BCUT2D eigenvalue weighted by molar-refractivity contribution is 0.104. The predicted octanol–water partition coefficient (Wildman–Crippen LogP) is 4.06. The minimum atomic E-state index is -0.620. The van der Waals surface area contributed by atoms with Crippen LogP contribution < -0.4 is 9.47 Å². The molecule has 0 heterocycles. The van der Waals surface area contributed by atoms with Crippen LogP contribution in [-0.2, 0) is 6.54 Å². The zero-order valence-corrected chi connectivity index (χ0v) is 15.4. The maximum Gasteiger partial charge on any atom is 0.123 e. The first-order valence-corrected chi connectivity index (χ1v) is 8.87. The van der Waals surface area contributed by atoms with Gasteiger partial charge in [-0.3, -0.25) is 4.90 Å². The van der Waals surface area contributed by atoms with E-state index in [-0.39, 0.29) is 0 Å². The number of halogens is 1. The van der Waals surface area contributed by atoms with Crippen molar-refractivity contribution in [3.8, 4) is 11.5 Å². The molecular weight excluding hydrogens is 338 g/mol. The molecule has 0 bridgehead atoms. The molecule has 0 unspecified atom stereocenters. The van der Waals surface area contributed by atoms with Gasteiger partial charge in [0.25, 0.3) is 0 Å². The Morgan fingerprint density at radius 2 is 1.92 bits per heavy atom. The highest BCUT2D eigenvalue weighted by Crippen LogP contribution is 2.34. The van der Waals surface area contributed by atoms with Gasteiger partial charge in [-0.1, -0.05) is 29.8 Å². The molecule has 4 nitrogen and oxygen atoms in total. The Bertz CT molecular complexity index is 718. The fourth-order valence-electron chi connectivity index (χ4n) is 3.07. The minimum absolute atomic E-state index is 0.494. The van der Waals surface area contributed by atoms with Crippen LogP contribution in [0.5, 0.6) is 11.5 Å². The van der Waals surface area contributed by atoms with Crippen LogP contribution in [0.3, 0.4) is 0 Å². The number of hydrogen-bond acceptors (Lipinski definition) is 4. The molecule has 1 saturated carbocycles. The van der Waals surface area contributed by atoms with E-state index in [1.54, 1.807) is 14.2 Å². The third-order valence-electron chi connectivity index (χ3n) is 4.60. The third kappa shape index (κ3) is 4.46. The average molecular weight is 362 g/mol. The van der Waals surface area contributed by atoms with Gasteiger partial charge in [-0.15, -0.1) is 0 Å². The highest BCUT2D eigenvalue weighted by Gasteiger charge is 2.31. The van der Waals surface area contributed by atoms with Crippen LogP contribution in [-0.4, -0.2) is 36.8 Å². The van der Waals surface area contributed by atoms with Crippen molar-refractivity contribution in [1.29, 1.82) is 0 Å². The maximum absolute atomic E-state index is 10.7. The number of aliphatic hydroxyl groups excluding tert-OH is 1. The van der Waals surface area contributed by atoms with Gasteiger partial charge in [0, 0.05) is 35.3 Å². The second-order valence-corrected chi connectivity index (χ2v) is 6.78. The zero-order valence-electron chi connectivity index (χ0n) is 14.6. The largest absolute Gasteiger partial charge is 0.497 e. The van der Waals surface area contributed by atoms with E-state index in [0.29, 0.717) is 24.2 Å². The Hall–Kier alpha value is -1.75. The molecule has 3 rings (SSSR count). The monoisotopic (exact) mass is 361 g/mol. The number of aliphatic hydroxyl groups is 1. The summed E-state index contributed by atoms with van der Waals surface area (Å²) >= 11 is 6.23. The molecule has 1 atom stereocenters. The number of benzene rings is 2. The van der Waals surface area contributed by atoms with E-state index in [1.165, 1.54) is 0 Å². The first-order chi connectivity index (χ1) is 12.1. The minimum Gasteiger partial charge on any atom is -0.497 e. The fraction of sp³-hybridized carbons (Fsp3) is 0.400. The molecular formula is C20H24ClNO3. The van der Waals surface area contributed by atoms with Crippen molar-refractivity contribution < 1.29 is 14.6 Å². The van der Waals surface area contributed by atoms with Crippen molar-refractivity contribution >= 4 is 11.6 Å². The smallest absolute Gasteiger partial charge is 0.123 e. The Morgan fingerprint density at radius 1 is 1.16 bits per heavy atom. The summed E-state index contributed by atoms with van der Waals surface area (Å²) < 4.78 is 10.8. The topological polar surface area (TPSA) is 41.9 Å². The molecule has 1 fully saturated rings. The highest BCUT2D eigenvalue weighted by atomic mass is 35.5. The summed E-state index contributed by atoms with van der Waals surface area (Å²) in [5.41, 5.74) is 1.83. The lowest BCUT2D eigenvalue weighted by Gasteiger charge is -2.26. The number of hydrogen-bond donors (Lipinski definition) is 1. The van der Waals surface area contributed by atoms with Gasteiger partial charge in [0.15, 0.2) is 0 Å². The molecule has 1 aliphatic carbocycles. The second-order valence-electron chi connectivity index (χ2n) is 6.38. The van der Waals surface area contributed by atoms with Crippen LogP contribution in [0.15, 0.2) is 42.5 Å². The number of nitrogens with zero attached hydrogens (tertiary/aromatic N) is 1. The van der Waals surface area contributed by atoms with Crippen molar-refractivity contribution in [3.63, 3.8) is 0 Å². The molecule has 134 valence electrons. The molecule has 0 radical (unpaired) electrons. The van der Waals surface area contributed by atoms with Gasteiger partial charge in [0.05, 0.1) is 20.3 Å². The standard InChI is InChI=1S/C20H24ClNO3/c1-24-16-9-10-20(25-2)14(11-16)12-22(15-7-8-15)13-19(23)17-5-3-4-6-18(17)21/h3-6,9-11,15,19,23H,7-8,12-13H2,1-2H3/t19-/m1/s1. The van der Waals surface area contributed by atoms with Gasteiger partial charge < -0.3 is 14.6 Å². The summed E-state index contributed by atoms with van der Waals surface area (Å²) in [4.78, 5) is 2.30. The van der Waals surface area contributed by atoms with Crippen molar-refractivity contribution in [3.05, 3.63) is 58.6 Å². The van der Waals surface area contributed by atoms with Crippen LogP contribution in [0.1, 0.15) is 30.1 Å². The summed E-state index contributed by atoms with van der Waals surface area (Å²) in [6, 6.07) is 13.8. The first-order valence-electron chi connectivity index (χ1n) is 8.49. The Labute approximate surface area is 153 Å². The quantitative estimate of drug-likeness (QED) is 0.770. The van der Waals surface area contributed by atoms with Gasteiger partial charge in [-0.2, -0.15) is 0 Å². The average Bonchev–Trinajstić information content (AvgIpc) is 3.46. The van der Waals surface area contributed by atoms with Crippen molar-refractivity contribution in [2.75, 3.05) is 20.8 Å². The van der Waals surface area contributed by atoms with Gasteiger partial charge in [0.2, 0.25) is 0 Å². The molecule has 2 aromatic rings. The maximum atomic E-state index is 10.7. The molecule has 0 saturated heterocycles. The molecule has 0 amide bonds. The van der Waals surface area contributed by atoms with E-state index < -0.39 is 6.10 Å². The van der Waals surface area contributed by atoms with E-state index in [9.17, 15) is 5.11 Å². The van der Waals surface area contributed by atoms with E-state index in [1.807, 2.05) is 42.5 Å². The van der Waals surface area contributed by atoms with E-state index in [4.69, 9.17) is 21.1 Å². The summed E-state index contributed by atoms with van der Waals surface area (Å²) in [6.07, 6.45) is 1.69. The number of rotatable bonds is 8. The van der Waals surface area contributed by atoms with Gasteiger partial charge >= 0.3 is 0 Å². The van der Waals surface area contributed by atoms with Crippen molar-refractivity contribution in [2.24, 2.45) is 0 Å². The van der Waals surface area contributed by atoms with Crippen LogP contribution in [0.2, 0.25) is 5.02 Å². The Morgan fingerprint density at radius 3 is 2.56 bits per heavy atom. The van der Waals surface area contributed by atoms with E-state index in [0.717, 1.165) is 35.5 Å². The molecule has 0 aliphatic heterocycles. The lowest BCUT2D eigenvalue weighted by Crippen LogP contribution is -2.30. The summed E-state index contributed by atoms with van der Waals surface area (Å²) in [5.74, 6) is 1.64. The predicted molar refractivity (Wildman–Crippen MR) is 99.4 cm³/mol. The number of methoxy groups -OCH3 is 2. The zero-order chi connectivity index (χ0) is 17.8. The molecule has 0 aromatic heterocycles. The SMILES string of the molecule is COc1ccc(OC)c(CN(C[C@@H](O)c2ccccc2Cl)C2CC2)c1. The number of ether oxygens (including phenoxy) is 2. The molecule has 5 heteroatoms. The summed E-state index contributed by atoms with van der Waals surface area (Å²) in [6.45, 7) is 1.24. The van der Waals surface area contributed by atoms with Crippen molar-refractivity contribution in [2.45, 2.75) is 31.5 Å². The van der Waals surface area contributed by atoms with Gasteiger partial charge in [0.1, 0.15) is 11.5 Å². The Balaban J connectivity index is 1.77. The summed E-state index contributed by atoms with van der Waals surface area (Å²) in [7, 11) is 3.33. The third-order valence-corrected chi connectivity index (χ3v) is 4.94. The van der Waals surface area contributed by atoms with Gasteiger partial charge in [-0.05, 0) is 37.1 Å². The van der Waals surface area contributed by atoms with Gasteiger partial charge in [-0.25, -0.2) is 0 Å². The van der Waals surface area contributed by atoms with Crippen LogP contribution in [0.4, 0.5) is 0 Å². The molecule has 25 heavy (non-hydrogen) atoms.